The molecule has 0 aromatic rings. The molecule has 0 unspecified atom stereocenters. The number of amidine groups is 1. The minimum absolute atomic E-state index is 0.185. The summed E-state index contributed by atoms with van der Waals surface area (Å²) < 4.78 is 0. The fourth-order valence-corrected chi connectivity index (χ4v) is 0.290. The lowest BCUT2D eigenvalue weighted by Gasteiger charge is -1.57. The Morgan fingerprint density at radius 1 is 1.86 bits per heavy atom. The summed E-state index contributed by atoms with van der Waals surface area (Å²) in [7, 11) is 0. The normalized spacial score (nSPS) is 17.7. The Morgan fingerprint density at radius 2 is 2.57 bits per heavy atom. The van der Waals surface area contributed by atoms with Crippen LogP contribution in [0.25, 0.3) is 0 Å². The van der Waals surface area contributed by atoms with Crippen molar-refractivity contribution in [2.45, 2.75) is 0 Å². The van der Waals surface area contributed by atoms with Crippen molar-refractivity contribution in [3.63, 3.8) is 0 Å². The predicted molar refractivity (Wildman–Crippen MR) is 25.2 cm³/mol. The summed E-state index contributed by atoms with van der Waals surface area (Å²) in [5.41, 5.74) is 5.00. The number of urea groups is 1. The molecule has 0 saturated carbocycles. The van der Waals surface area contributed by atoms with Gasteiger partial charge in [-0.25, -0.2) is 0 Å². The van der Waals surface area contributed by atoms with Crippen molar-refractivity contribution in [3.8, 4) is 0 Å². The zero-order chi connectivity index (χ0) is 5.28. The van der Waals surface area contributed by atoms with Crippen LogP contribution in [0.2, 0.25) is 0 Å². The van der Waals surface area contributed by atoms with Gasteiger partial charge < -0.3 is 5.73 Å². The van der Waals surface area contributed by atoms with Crippen molar-refractivity contribution in [2.24, 2.45) is 10.7 Å². The van der Waals surface area contributed by atoms with Crippen LogP contribution in [-0.2, 0) is 0 Å². The second-order valence-corrected chi connectivity index (χ2v) is 1.08. The number of carbonyl (C=O) groups excluding carboxylic acids is 1. The molecule has 0 aliphatic carbocycles. The van der Waals surface area contributed by atoms with Gasteiger partial charge in [-0.3, -0.25) is 0 Å². The number of hydrogen-bond donors (Lipinski definition) is 1. The quantitative estimate of drug-likeness (QED) is 0.416. The van der Waals surface area contributed by atoms with Crippen molar-refractivity contribution in [1.82, 2.24) is 4.99 Å². The molecule has 1 aliphatic heterocycles. The van der Waals surface area contributed by atoms with Crippen LogP contribution in [-0.4, -0.2) is 18.1 Å². The summed E-state index contributed by atoms with van der Waals surface area (Å²) in [6.45, 7) is 0. The van der Waals surface area contributed by atoms with E-state index in [1.165, 1.54) is 6.21 Å². The smallest absolute Gasteiger partial charge is 0.360 e. The average molecular weight is 97.1 g/mol. The molecule has 0 fully saturated rings. The Balaban J connectivity index is 2.88. The van der Waals surface area contributed by atoms with Gasteiger partial charge in [0.15, 0.2) is 0 Å². The zero-order valence-corrected chi connectivity index (χ0v) is 3.46. The first-order chi connectivity index (χ1) is 3.29. The van der Waals surface area contributed by atoms with Crippen LogP contribution in [0.4, 0.5) is 4.79 Å². The van der Waals surface area contributed by atoms with Crippen LogP contribution < -0.4 is 10.7 Å². The van der Waals surface area contributed by atoms with E-state index < -0.39 is 6.03 Å². The monoisotopic (exact) mass is 97.0 g/mol. The van der Waals surface area contributed by atoms with Crippen molar-refractivity contribution < 1.29 is 4.79 Å². The van der Waals surface area contributed by atoms with Crippen molar-refractivity contribution in [2.75, 3.05) is 0 Å². The number of nitrogens with two attached hydrogens (primary N) is 1. The highest BCUT2D eigenvalue weighted by Gasteiger charge is 2.18. The molecule has 0 spiro atoms. The molecule has 2 N–H and O–H groups in total. The highest BCUT2D eigenvalue weighted by Crippen LogP contribution is 1.75. The van der Waals surface area contributed by atoms with Gasteiger partial charge >= 0.3 is 6.03 Å². The number of rotatable bonds is 0. The maximum atomic E-state index is 9.99. The maximum absolute atomic E-state index is 9.99. The molecule has 1 rings (SSSR count). The fourth-order valence-electron chi connectivity index (χ4n) is 0.290. The maximum Gasteiger partial charge on any atom is 0.584 e. The van der Waals surface area contributed by atoms with E-state index in [0.717, 1.165) is 0 Å². The summed E-state index contributed by atoms with van der Waals surface area (Å²) in [6.07, 6.45) is 1.22. The molecule has 0 saturated heterocycles. The molecule has 2 amide bonds. The molecule has 1 radical (unpaired) electrons. The number of amides is 2. The highest BCUT2D eigenvalue weighted by molar-refractivity contribution is 6.34. The van der Waals surface area contributed by atoms with Crippen molar-refractivity contribution >= 4 is 18.1 Å². The lowest BCUT2D eigenvalue weighted by Crippen LogP contribution is -2.09. The van der Waals surface area contributed by atoms with Gasteiger partial charge in [0, 0.05) is 9.98 Å². The van der Waals surface area contributed by atoms with Gasteiger partial charge in [0.1, 0.15) is 0 Å². The van der Waals surface area contributed by atoms with Crippen LogP contribution in [0.3, 0.4) is 0 Å². The molecule has 4 heteroatoms. The van der Waals surface area contributed by atoms with Crippen LogP contribution >= 0.6 is 0 Å². The van der Waals surface area contributed by atoms with E-state index in [9.17, 15) is 4.79 Å². The molecule has 4 nitrogen and oxygen atoms in total. The number of hydrogen-bond acceptors (Lipinski definition) is 2. The molecule has 35 valence electrons. The van der Waals surface area contributed by atoms with E-state index in [1.807, 2.05) is 0 Å². The Bertz CT molecular complexity index is 158. The van der Waals surface area contributed by atoms with E-state index in [2.05, 4.69) is 9.98 Å². The average Bonchev–Trinajstić information content (AvgIpc) is 1.87. The van der Waals surface area contributed by atoms with Crippen LogP contribution in [0.15, 0.2) is 4.99 Å². The topological polar surface area (TPSA) is 69.5 Å². The Morgan fingerprint density at radius 3 is 2.71 bits per heavy atom. The first kappa shape index (κ1) is 3.98. The molecular weight excluding hydrogens is 94.1 g/mol. The Labute approximate surface area is 39.8 Å². The first-order valence-corrected chi connectivity index (χ1v) is 1.71. The zero-order valence-electron chi connectivity index (χ0n) is 3.46. The van der Waals surface area contributed by atoms with E-state index in [-0.39, 0.29) is 5.84 Å². The molecule has 0 atom stereocenters. The van der Waals surface area contributed by atoms with Gasteiger partial charge in [-0.05, 0) is 0 Å². The summed E-state index contributed by atoms with van der Waals surface area (Å²) in [5, 5.41) is 0. The second kappa shape index (κ2) is 1.14. The molecule has 1 aliphatic rings. The molecule has 0 aromatic carbocycles. The van der Waals surface area contributed by atoms with Crippen LogP contribution in [0, 0.1) is 0 Å². The van der Waals surface area contributed by atoms with Gasteiger partial charge in [0.2, 0.25) is 6.21 Å². The van der Waals surface area contributed by atoms with Crippen LogP contribution in [0.5, 0.6) is 0 Å². The molecular formula is C3H3N3O+. The number of nitrogens with zero attached hydrogens (tertiary/aromatic N) is 2. The van der Waals surface area contributed by atoms with E-state index >= 15 is 0 Å². The SMILES string of the molecule is NC1=NC(=O)[N+]=C1. The fraction of sp³-hybridized carbons (Fsp3) is 0. The van der Waals surface area contributed by atoms with Crippen LogP contribution in [0.1, 0.15) is 0 Å². The predicted octanol–water partition coefficient (Wildman–Crippen LogP) is -1.12. The largest absolute Gasteiger partial charge is 0.584 e. The van der Waals surface area contributed by atoms with E-state index in [4.69, 9.17) is 5.73 Å². The second-order valence-electron chi connectivity index (χ2n) is 1.08. The van der Waals surface area contributed by atoms with Crippen molar-refractivity contribution in [1.29, 1.82) is 0 Å². The minimum Gasteiger partial charge on any atom is -0.360 e. The Hall–Kier alpha value is -1.19. The van der Waals surface area contributed by atoms with Gasteiger partial charge in [-0.15, -0.1) is 0 Å². The third-order valence-corrected chi connectivity index (χ3v) is 0.532. The molecule has 0 bridgehead atoms. The lowest BCUT2D eigenvalue weighted by molar-refractivity contribution is 0.255. The standard InChI is InChI=1S/C3H3N3O/c4-2-1-5-3(7)6-2/h1H,(H2,4,6,7)/q+1. The van der Waals surface area contributed by atoms with Gasteiger partial charge in [-0.2, -0.15) is 4.79 Å². The summed E-state index contributed by atoms with van der Waals surface area (Å²) in [5.74, 6) is 0.185. The lowest BCUT2D eigenvalue weighted by atomic mass is 10.7. The minimum atomic E-state index is -0.516. The molecule has 1 heterocycles. The third-order valence-electron chi connectivity index (χ3n) is 0.532. The van der Waals surface area contributed by atoms with E-state index in [1.54, 1.807) is 0 Å². The van der Waals surface area contributed by atoms with Gasteiger partial charge in [0.05, 0.1) is 0 Å². The van der Waals surface area contributed by atoms with Crippen molar-refractivity contribution in [3.05, 3.63) is 0 Å². The summed E-state index contributed by atoms with van der Waals surface area (Å²) in [6, 6.07) is -0.516. The number of aliphatic imine (C=N–C) groups is 2. The molecule has 7 heavy (non-hydrogen) atoms. The first-order valence-electron chi connectivity index (χ1n) is 1.71. The third kappa shape index (κ3) is 0.623. The van der Waals surface area contributed by atoms with Gasteiger partial charge in [0.25, 0.3) is 5.84 Å². The summed E-state index contributed by atoms with van der Waals surface area (Å²) >= 11 is 0. The highest BCUT2D eigenvalue weighted by atomic mass is 16.2. The molecule has 0 aromatic heterocycles. The van der Waals surface area contributed by atoms with Gasteiger partial charge in [-0.1, -0.05) is 0 Å². The summed E-state index contributed by atoms with van der Waals surface area (Å²) in [4.78, 5) is 16.4. The number of carbonyl (C=O) groups is 1. The Kier molecular flexibility index (Phi) is 0.651. The van der Waals surface area contributed by atoms with E-state index in [0.29, 0.717) is 0 Å².